The topological polar surface area (TPSA) is 30.0 Å². The molecule has 1 unspecified atom stereocenters. The monoisotopic (exact) mass is 217 g/mol. The summed E-state index contributed by atoms with van der Waals surface area (Å²) in [7, 11) is 0. The van der Waals surface area contributed by atoms with Crippen LogP contribution in [0.2, 0.25) is 0 Å². The minimum Gasteiger partial charge on any atom is -0.302 e. The minimum absolute atomic E-state index is 0.389. The van der Waals surface area contributed by atoms with E-state index in [-0.39, 0.29) is 0 Å². The third-order valence-corrected chi connectivity index (χ3v) is 1.82. The molecule has 0 aliphatic rings. The molecule has 0 spiro atoms. The summed E-state index contributed by atoms with van der Waals surface area (Å²) in [6.45, 7) is 0. The first-order valence-electron chi connectivity index (χ1n) is 2.96. The van der Waals surface area contributed by atoms with Crippen LogP contribution in [-0.4, -0.2) is 11.3 Å². The first kappa shape index (κ1) is 8.33. The van der Waals surface area contributed by atoms with Crippen LogP contribution in [-0.2, 0) is 4.79 Å². The Morgan fingerprint density at radius 1 is 1.64 bits per heavy atom. The molecular weight excluding hydrogens is 213 g/mol. The minimum atomic E-state index is -0.575. The molecule has 0 N–H and O–H groups in total. The van der Waals surface area contributed by atoms with E-state index in [0.717, 1.165) is 0 Å². The van der Waals surface area contributed by atoms with Gasteiger partial charge < -0.3 is 4.79 Å². The Kier molecular flexibility index (Phi) is 2.70. The molecule has 0 aliphatic heterocycles. The first-order valence-corrected chi connectivity index (χ1v) is 3.87. The summed E-state index contributed by atoms with van der Waals surface area (Å²) in [6.07, 6.45) is 0.655. The number of pyridine rings is 1. The van der Waals surface area contributed by atoms with Crippen molar-refractivity contribution in [3.63, 3.8) is 0 Å². The SMILES string of the molecule is O=CC(Br)c1cccc(F)n1. The normalized spacial score (nSPS) is 12.5. The van der Waals surface area contributed by atoms with Crippen LogP contribution in [0.4, 0.5) is 4.39 Å². The van der Waals surface area contributed by atoms with E-state index in [9.17, 15) is 9.18 Å². The number of halogens is 2. The van der Waals surface area contributed by atoms with Gasteiger partial charge in [-0.1, -0.05) is 22.0 Å². The Morgan fingerprint density at radius 2 is 2.36 bits per heavy atom. The molecule has 0 saturated carbocycles. The molecule has 1 aromatic heterocycles. The molecule has 0 aliphatic carbocycles. The van der Waals surface area contributed by atoms with Gasteiger partial charge in [0.2, 0.25) is 5.95 Å². The zero-order valence-corrected chi connectivity index (χ0v) is 7.08. The van der Waals surface area contributed by atoms with Crippen LogP contribution in [0.1, 0.15) is 10.5 Å². The van der Waals surface area contributed by atoms with Gasteiger partial charge in [-0.05, 0) is 12.1 Å². The second-order valence-corrected chi connectivity index (χ2v) is 2.91. The zero-order valence-electron chi connectivity index (χ0n) is 5.50. The molecule has 0 fully saturated rings. The molecule has 11 heavy (non-hydrogen) atoms. The van der Waals surface area contributed by atoms with Crippen molar-refractivity contribution in [2.45, 2.75) is 4.83 Å². The quantitative estimate of drug-likeness (QED) is 0.430. The average molecular weight is 218 g/mol. The molecule has 2 nitrogen and oxygen atoms in total. The first-order chi connectivity index (χ1) is 5.24. The lowest BCUT2D eigenvalue weighted by molar-refractivity contribution is -0.107. The van der Waals surface area contributed by atoms with Crippen LogP contribution in [0.25, 0.3) is 0 Å². The van der Waals surface area contributed by atoms with E-state index in [1.54, 1.807) is 6.07 Å². The second kappa shape index (κ2) is 3.57. The van der Waals surface area contributed by atoms with Crippen LogP contribution in [0.5, 0.6) is 0 Å². The van der Waals surface area contributed by atoms with E-state index >= 15 is 0 Å². The Morgan fingerprint density at radius 3 is 2.91 bits per heavy atom. The number of hydrogen-bond donors (Lipinski definition) is 0. The molecule has 58 valence electrons. The van der Waals surface area contributed by atoms with Gasteiger partial charge in [-0.3, -0.25) is 0 Å². The predicted molar refractivity (Wildman–Crippen MR) is 41.9 cm³/mol. The van der Waals surface area contributed by atoms with Gasteiger partial charge in [0.15, 0.2) is 0 Å². The molecule has 4 heteroatoms. The van der Waals surface area contributed by atoms with Crippen molar-refractivity contribution in [1.29, 1.82) is 0 Å². The van der Waals surface area contributed by atoms with Gasteiger partial charge in [-0.2, -0.15) is 4.39 Å². The van der Waals surface area contributed by atoms with Gasteiger partial charge in [0.25, 0.3) is 0 Å². The standard InChI is InChI=1S/C7H5BrFNO/c8-5(4-11)6-2-1-3-7(9)10-6/h1-5H. The van der Waals surface area contributed by atoms with Gasteiger partial charge in [0.05, 0.1) is 5.69 Å². The summed E-state index contributed by atoms with van der Waals surface area (Å²) in [5.74, 6) is -0.575. The van der Waals surface area contributed by atoms with Gasteiger partial charge in [0, 0.05) is 0 Å². The zero-order chi connectivity index (χ0) is 8.27. The summed E-state index contributed by atoms with van der Waals surface area (Å²) in [5.41, 5.74) is 0.389. The molecule has 0 aromatic carbocycles. The Labute approximate surface area is 71.6 Å². The van der Waals surface area contributed by atoms with E-state index in [0.29, 0.717) is 12.0 Å². The molecule has 1 rings (SSSR count). The maximum atomic E-state index is 12.4. The third-order valence-electron chi connectivity index (χ3n) is 1.14. The van der Waals surface area contributed by atoms with Gasteiger partial charge >= 0.3 is 0 Å². The van der Waals surface area contributed by atoms with E-state index < -0.39 is 10.8 Å². The number of hydrogen-bond acceptors (Lipinski definition) is 2. The van der Waals surface area contributed by atoms with E-state index in [4.69, 9.17) is 0 Å². The molecule has 1 atom stereocenters. The number of aldehydes is 1. The van der Waals surface area contributed by atoms with Gasteiger partial charge in [0.1, 0.15) is 11.1 Å². The Balaban J connectivity index is 2.95. The lowest BCUT2D eigenvalue weighted by atomic mass is 10.3. The number of alkyl halides is 1. The van der Waals surface area contributed by atoms with Crippen LogP contribution in [0, 0.1) is 5.95 Å². The second-order valence-electron chi connectivity index (χ2n) is 1.92. The number of rotatable bonds is 2. The summed E-state index contributed by atoms with van der Waals surface area (Å²) < 4.78 is 12.4. The fourth-order valence-corrected chi connectivity index (χ4v) is 0.902. The number of nitrogens with zero attached hydrogens (tertiary/aromatic N) is 1. The summed E-state index contributed by atoms with van der Waals surface area (Å²) in [6, 6.07) is 4.32. The van der Waals surface area contributed by atoms with Crippen molar-refractivity contribution in [3.05, 3.63) is 29.8 Å². The highest BCUT2D eigenvalue weighted by Gasteiger charge is 2.06. The van der Waals surface area contributed by atoms with Crippen LogP contribution in [0.3, 0.4) is 0 Å². The predicted octanol–water partition coefficient (Wildman–Crippen LogP) is 1.86. The molecule has 0 bridgehead atoms. The maximum absolute atomic E-state index is 12.4. The fraction of sp³-hybridized carbons (Fsp3) is 0.143. The molecule has 1 aromatic rings. The average Bonchev–Trinajstić information content (AvgIpc) is 2.03. The summed E-state index contributed by atoms with van der Waals surface area (Å²) in [5, 5.41) is 0. The molecule has 0 amide bonds. The highest BCUT2D eigenvalue weighted by Crippen LogP contribution is 2.17. The van der Waals surface area contributed by atoms with E-state index in [1.807, 2.05) is 0 Å². The largest absolute Gasteiger partial charge is 0.302 e. The highest BCUT2D eigenvalue weighted by atomic mass is 79.9. The molecular formula is C7H5BrFNO. The van der Waals surface area contributed by atoms with Crippen molar-refractivity contribution in [2.75, 3.05) is 0 Å². The van der Waals surface area contributed by atoms with Crippen molar-refractivity contribution in [1.82, 2.24) is 4.98 Å². The lowest BCUT2D eigenvalue weighted by Crippen LogP contribution is -1.95. The van der Waals surface area contributed by atoms with Crippen LogP contribution in [0.15, 0.2) is 18.2 Å². The summed E-state index contributed by atoms with van der Waals surface area (Å²) >= 11 is 3.02. The van der Waals surface area contributed by atoms with E-state index in [2.05, 4.69) is 20.9 Å². The Hall–Kier alpha value is -0.770. The van der Waals surface area contributed by atoms with E-state index in [1.165, 1.54) is 12.1 Å². The van der Waals surface area contributed by atoms with Crippen molar-refractivity contribution in [3.8, 4) is 0 Å². The smallest absolute Gasteiger partial charge is 0.213 e. The number of aromatic nitrogens is 1. The number of carbonyl (C=O) groups is 1. The van der Waals surface area contributed by atoms with Crippen molar-refractivity contribution in [2.24, 2.45) is 0 Å². The number of carbonyl (C=O) groups excluding carboxylic acids is 1. The highest BCUT2D eigenvalue weighted by molar-refractivity contribution is 9.09. The van der Waals surface area contributed by atoms with Gasteiger partial charge in [-0.15, -0.1) is 0 Å². The Bertz CT molecular complexity index is 266. The molecule has 0 radical (unpaired) electrons. The summed E-state index contributed by atoms with van der Waals surface area (Å²) in [4.78, 5) is 13.2. The van der Waals surface area contributed by atoms with Crippen LogP contribution < -0.4 is 0 Å². The molecule has 0 saturated heterocycles. The van der Waals surface area contributed by atoms with Crippen molar-refractivity contribution < 1.29 is 9.18 Å². The lowest BCUT2D eigenvalue weighted by Gasteiger charge is -1.98. The maximum Gasteiger partial charge on any atom is 0.213 e. The van der Waals surface area contributed by atoms with Crippen LogP contribution >= 0.6 is 15.9 Å². The molecule has 1 heterocycles. The van der Waals surface area contributed by atoms with Crippen molar-refractivity contribution >= 4 is 22.2 Å². The van der Waals surface area contributed by atoms with Gasteiger partial charge in [-0.25, -0.2) is 4.98 Å². The third kappa shape index (κ3) is 2.08. The fourth-order valence-electron chi connectivity index (χ4n) is 0.647.